The van der Waals surface area contributed by atoms with Gasteiger partial charge < -0.3 is 24.1 Å². The minimum absolute atomic E-state index is 0.0126. The van der Waals surface area contributed by atoms with E-state index >= 15 is 0 Å². The molecule has 8 heteroatoms. The molecule has 0 fully saturated rings. The minimum atomic E-state index is -1.25. The van der Waals surface area contributed by atoms with Gasteiger partial charge >= 0.3 is 11.6 Å². The van der Waals surface area contributed by atoms with Crippen molar-refractivity contribution in [2.75, 3.05) is 0 Å². The van der Waals surface area contributed by atoms with Gasteiger partial charge in [0.1, 0.15) is 34.9 Å². The highest BCUT2D eigenvalue weighted by Gasteiger charge is 2.41. The summed E-state index contributed by atoms with van der Waals surface area (Å²) in [5.74, 6) is -1.53. The lowest BCUT2D eigenvalue weighted by Crippen LogP contribution is -2.39. The Hall–Kier alpha value is -2.87. The number of ether oxygens (including phenoxy) is 2. The van der Waals surface area contributed by atoms with Crippen molar-refractivity contribution in [3.05, 3.63) is 33.2 Å². The van der Waals surface area contributed by atoms with E-state index in [0.717, 1.165) is 0 Å². The van der Waals surface area contributed by atoms with E-state index in [2.05, 4.69) is 0 Å². The van der Waals surface area contributed by atoms with Crippen LogP contribution in [0.2, 0.25) is 0 Å². The zero-order valence-corrected chi connectivity index (χ0v) is 19.3. The molecule has 3 atom stereocenters. The number of hydrogen-bond acceptors (Lipinski definition) is 8. The Morgan fingerprint density at radius 3 is 2.47 bits per heavy atom. The maximum atomic E-state index is 13.3. The fourth-order valence-electron chi connectivity index (χ4n) is 4.01. The predicted molar refractivity (Wildman–Crippen MR) is 117 cm³/mol. The Labute approximate surface area is 186 Å². The summed E-state index contributed by atoms with van der Waals surface area (Å²) in [4.78, 5) is 37.3. The molecule has 0 saturated carbocycles. The molecule has 0 unspecified atom stereocenters. The third-order valence-electron chi connectivity index (χ3n) is 6.01. The van der Waals surface area contributed by atoms with Crippen molar-refractivity contribution in [3.8, 4) is 11.5 Å². The highest BCUT2D eigenvalue weighted by atomic mass is 16.5. The molecule has 1 aromatic heterocycles. The molecule has 1 aromatic carbocycles. The molecule has 32 heavy (non-hydrogen) atoms. The van der Waals surface area contributed by atoms with Crippen LogP contribution in [0.5, 0.6) is 11.5 Å². The van der Waals surface area contributed by atoms with E-state index in [1.165, 1.54) is 13.0 Å². The fourth-order valence-corrected chi connectivity index (χ4v) is 4.01. The number of phenolic OH excluding ortho intramolecular Hbond substituents is 1. The molecule has 0 radical (unpaired) electrons. The van der Waals surface area contributed by atoms with Crippen LogP contribution in [-0.2, 0) is 16.0 Å². The van der Waals surface area contributed by atoms with Gasteiger partial charge in [0.15, 0.2) is 5.78 Å². The SMILES string of the molecule is CC[C@H](OC(C)=O)c1cc(=O)oc2c3c(c(C(=O)[C@@H](C)CC)c(O)c12)O[C@H](C(C)(C)O)C3. The monoisotopic (exact) mass is 446 g/mol. The van der Waals surface area contributed by atoms with Gasteiger partial charge in [0.05, 0.1) is 11.0 Å². The van der Waals surface area contributed by atoms with E-state index in [4.69, 9.17) is 13.9 Å². The number of Topliss-reactive ketones (excluding diaryl/α,β-unsaturated/α-hetero) is 1. The van der Waals surface area contributed by atoms with E-state index in [0.29, 0.717) is 18.4 Å². The van der Waals surface area contributed by atoms with Gasteiger partial charge in [-0.2, -0.15) is 0 Å². The van der Waals surface area contributed by atoms with Crippen molar-refractivity contribution in [3.63, 3.8) is 0 Å². The van der Waals surface area contributed by atoms with Gasteiger partial charge in [-0.1, -0.05) is 20.8 Å². The van der Waals surface area contributed by atoms with Gasteiger partial charge in [0, 0.05) is 36.5 Å². The fraction of sp³-hybridized carbons (Fsp3) is 0.542. The Balaban J connectivity index is 2.42. The quantitative estimate of drug-likeness (QED) is 0.374. The van der Waals surface area contributed by atoms with Crippen molar-refractivity contribution in [2.45, 2.75) is 78.6 Å². The summed E-state index contributed by atoms with van der Waals surface area (Å²) in [5, 5.41) is 22.0. The number of benzene rings is 1. The van der Waals surface area contributed by atoms with Crippen molar-refractivity contribution in [2.24, 2.45) is 5.92 Å². The van der Waals surface area contributed by atoms with E-state index in [9.17, 15) is 24.6 Å². The molecule has 0 saturated heterocycles. The van der Waals surface area contributed by atoms with Crippen molar-refractivity contribution < 1.29 is 33.7 Å². The molecule has 2 heterocycles. The lowest BCUT2D eigenvalue weighted by atomic mass is 9.89. The summed E-state index contributed by atoms with van der Waals surface area (Å²) >= 11 is 0. The normalized spacial score (nSPS) is 17.5. The van der Waals surface area contributed by atoms with Crippen LogP contribution in [0, 0.1) is 5.92 Å². The van der Waals surface area contributed by atoms with Gasteiger partial charge in [-0.15, -0.1) is 0 Å². The molecule has 1 aliphatic rings. The topological polar surface area (TPSA) is 123 Å². The first-order valence-corrected chi connectivity index (χ1v) is 10.9. The molecule has 0 amide bonds. The van der Waals surface area contributed by atoms with Gasteiger partial charge in [-0.3, -0.25) is 9.59 Å². The Morgan fingerprint density at radius 1 is 1.28 bits per heavy atom. The highest BCUT2D eigenvalue weighted by Crippen LogP contribution is 2.48. The van der Waals surface area contributed by atoms with Crippen LogP contribution in [-0.4, -0.2) is 33.7 Å². The van der Waals surface area contributed by atoms with E-state index in [1.54, 1.807) is 27.7 Å². The highest BCUT2D eigenvalue weighted by molar-refractivity contribution is 6.09. The van der Waals surface area contributed by atoms with Crippen LogP contribution in [0.1, 0.15) is 82.0 Å². The molecule has 8 nitrogen and oxygen atoms in total. The average molecular weight is 446 g/mol. The minimum Gasteiger partial charge on any atom is -0.506 e. The second-order valence-electron chi connectivity index (χ2n) is 8.90. The molecule has 2 N–H and O–H groups in total. The smallest absolute Gasteiger partial charge is 0.336 e. The summed E-state index contributed by atoms with van der Waals surface area (Å²) in [6.45, 7) is 9.80. The number of aromatic hydroxyl groups is 1. The zero-order valence-electron chi connectivity index (χ0n) is 19.3. The van der Waals surface area contributed by atoms with E-state index < -0.39 is 35.3 Å². The first-order chi connectivity index (χ1) is 14.9. The second-order valence-corrected chi connectivity index (χ2v) is 8.90. The Kier molecular flexibility index (Phi) is 6.38. The molecule has 174 valence electrons. The van der Waals surface area contributed by atoms with Crippen molar-refractivity contribution in [1.82, 2.24) is 0 Å². The van der Waals surface area contributed by atoms with Crippen LogP contribution in [0.3, 0.4) is 0 Å². The molecule has 0 aliphatic carbocycles. The number of carbonyl (C=O) groups is 2. The van der Waals surface area contributed by atoms with Crippen LogP contribution in [0.4, 0.5) is 0 Å². The first-order valence-electron chi connectivity index (χ1n) is 10.9. The third kappa shape index (κ3) is 4.11. The lowest BCUT2D eigenvalue weighted by Gasteiger charge is -2.25. The number of phenols is 1. The number of hydrogen-bond donors (Lipinski definition) is 2. The predicted octanol–water partition coefficient (Wildman–Crippen LogP) is 3.82. The van der Waals surface area contributed by atoms with Gasteiger partial charge in [0.25, 0.3) is 0 Å². The summed E-state index contributed by atoms with van der Waals surface area (Å²) in [6.07, 6.45) is -0.474. The molecular weight excluding hydrogens is 416 g/mol. The molecule has 2 aromatic rings. The summed E-state index contributed by atoms with van der Waals surface area (Å²) in [7, 11) is 0. The molecule has 0 spiro atoms. The van der Waals surface area contributed by atoms with Gasteiger partial charge in [0.2, 0.25) is 0 Å². The van der Waals surface area contributed by atoms with Crippen LogP contribution in [0.15, 0.2) is 15.3 Å². The van der Waals surface area contributed by atoms with Gasteiger partial charge in [-0.25, -0.2) is 4.79 Å². The van der Waals surface area contributed by atoms with Crippen LogP contribution in [0.25, 0.3) is 11.0 Å². The summed E-state index contributed by atoms with van der Waals surface area (Å²) < 4.78 is 16.8. The average Bonchev–Trinajstić information content (AvgIpc) is 3.16. The van der Waals surface area contributed by atoms with Crippen LogP contribution < -0.4 is 10.4 Å². The number of aliphatic hydroxyl groups is 1. The number of esters is 1. The van der Waals surface area contributed by atoms with Crippen molar-refractivity contribution >= 4 is 22.7 Å². The Bertz CT molecular complexity index is 1120. The number of carbonyl (C=O) groups excluding carboxylic acids is 2. The molecule has 1 aliphatic heterocycles. The molecular formula is C24H30O8. The Morgan fingerprint density at radius 2 is 1.94 bits per heavy atom. The zero-order chi connectivity index (χ0) is 24.0. The second kappa shape index (κ2) is 8.58. The third-order valence-corrected chi connectivity index (χ3v) is 6.01. The maximum absolute atomic E-state index is 13.3. The maximum Gasteiger partial charge on any atom is 0.336 e. The number of rotatable bonds is 7. The van der Waals surface area contributed by atoms with E-state index in [-0.39, 0.29) is 45.8 Å². The molecule has 3 rings (SSSR count). The number of ketones is 1. The van der Waals surface area contributed by atoms with Crippen molar-refractivity contribution in [1.29, 1.82) is 0 Å². The largest absolute Gasteiger partial charge is 0.506 e. The summed E-state index contributed by atoms with van der Waals surface area (Å²) in [5.41, 5.74) is -1.20. The van der Waals surface area contributed by atoms with Gasteiger partial charge in [-0.05, 0) is 26.7 Å². The lowest BCUT2D eigenvalue weighted by molar-refractivity contribution is -0.146. The van der Waals surface area contributed by atoms with Crippen LogP contribution >= 0.6 is 0 Å². The molecule has 0 bridgehead atoms. The standard InChI is InChI=1S/C24H30O8/c1-7-11(3)20(27)19-21(28)18-13(15(8-2)30-12(4)25)10-17(26)32-22(18)14-9-16(24(5,6)29)31-23(14)19/h10-11,15-16,28-29H,7-9H2,1-6H3/t11-,15-,16-/m0/s1. The van der Waals surface area contributed by atoms with E-state index in [1.807, 2.05) is 6.92 Å². The number of fused-ring (bicyclic) bond motifs is 3. The summed E-state index contributed by atoms with van der Waals surface area (Å²) in [6, 6.07) is 1.17. The first kappa shape index (κ1) is 23.8.